The van der Waals surface area contributed by atoms with Gasteiger partial charge in [0, 0.05) is 48.3 Å². The van der Waals surface area contributed by atoms with Crippen LogP contribution >= 0.6 is 0 Å². The Morgan fingerprint density at radius 1 is 1.17 bits per heavy atom. The quantitative estimate of drug-likeness (QED) is 0.442. The summed E-state index contributed by atoms with van der Waals surface area (Å²) in [5.74, 6) is 0.670. The van der Waals surface area contributed by atoms with Crippen LogP contribution in [-0.4, -0.2) is 57.8 Å². The highest BCUT2D eigenvalue weighted by molar-refractivity contribution is 5.76. The minimum absolute atomic E-state index is 0.231. The van der Waals surface area contributed by atoms with Crippen molar-refractivity contribution in [3.63, 3.8) is 0 Å². The van der Waals surface area contributed by atoms with Crippen molar-refractivity contribution in [2.75, 3.05) is 19.0 Å². The first kappa shape index (κ1) is 24.2. The zero-order valence-electron chi connectivity index (χ0n) is 20.7. The van der Waals surface area contributed by atoms with Crippen LogP contribution in [-0.2, 0) is 16.0 Å². The molecule has 2 saturated carbocycles. The van der Waals surface area contributed by atoms with Crippen molar-refractivity contribution in [2.24, 2.45) is 0 Å². The molecule has 35 heavy (non-hydrogen) atoms. The van der Waals surface area contributed by atoms with Gasteiger partial charge in [0.1, 0.15) is 11.9 Å². The molecule has 188 valence electrons. The predicted molar refractivity (Wildman–Crippen MR) is 136 cm³/mol. The maximum absolute atomic E-state index is 12.3. The van der Waals surface area contributed by atoms with E-state index in [1.54, 1.807) is 6.20 Å². The average molecular weight is 479 g/mol. The number of anilines is 1. The van der Waals surface area contributed by atoms with Crippen molar-refractivity contribution >= 4 is 11.8 Å². The van der Waals surface area contributed by atoms with Crippen molar-refractivity contribution in [1.82, 2.24) is 14.9 Å². The number of carboxylic acid groups (broad SMARTS) is 1. The number of pyridine rings is 2. The van der Waals surface area contributed by atoms with E-state index in [0.717, 1.165) is 75.0 Å². The van der Waals surface area contributed by atoms with Gasteiger partial charge in [0.25, 0.3) is 0 Å². The molecule has 0 saturated heterocycles. The van der Waals surface area contributed by atoms with E-state index < -0.39 is 12.0 Å². The third kappa shape index (κ3) is 5.51. The average Bonchev–Trinajstić information content (AvgIpc) is 2.79. The lowest BCUT2D eigenvalue weighted by Crippen LogP contribution is -2.49. The van der Waals surface area contributed by atoms with E-state index in [-0.39, 0.29) is 12.1 Å². The lowest BCUT2D eigenvalue weighted by molar-refractivity contribution is -0.146. The van der Waals surface area contributed by atoms with Crippen molar-refractivity contribution < 1.29 is 14.6 Å². The lowest BCUT2D eigenvalue weighted by Gasteiger charge is -2.43. The number of carboxylic acids is 1. The smallest absolute Gasteiger partial charge is 0.325 e. The molecule has 7 heteroatoms. The highest BCUT2D eigenvalue weighted by Crippen LogP contribution is 2.41. The number of unbranched alkanes of at least 4 members (excludes halogenated alkanes) is 1. The molecule has 3 aliphatic rings. The summed E-state index contributed by atoms with van der Waals surface area (Å²) in [5, 5.41) is 13.7. The van der Waals surface area contributed by atoms with Crippen LogP contribution in [0.4, 0.5) is 5.82 Å². The summed E-state index contributed by atoms with van der Waals surface area (Å²) in [7, 11) is 1.95. The molecule has 2 N–H and O–H groups in total. The number of fused-ring (bicyclic) bond motifs is 1. The molecule has 3 heterocycles. The van der Waals surface area contributed by atoms with E-state index in [1.807, 2.05) is 36.3 Å². The molecule has 2 aromatic rings. The zero-order chi connectivity index (χ0) is 24.2. The summed E-state index contributed by atoms with van der Waals surface area (Å²) in [4.78, 5) is 23.4. The Bertz CT molecular complexity index is 1010. The highest BCUT2D eigenvalue weighted by Gasteiger charge is 2.40. The van der Waals surface area contributed by atoms with Crippen LogP contribution in [0.2, 0.25) is 0 Å². The van der Waals surface area contributed by atoms with Crippen LogP contribution in [0.25, 0.3) is 0 Å². The molecule has 0 unspecified atom stereocenters. The Kier molecular flexibility index (Phi) is 7.63. The number of aryl methyl sites for hydroxylation is 1. The van der Waals surface area contributed by atoms with Gasteiger partial charge in [0.2, 0.25) is 0 Å². The molecule has 2 atom stereocenters. The number of ether oxygens (including phenoxy) is 1. The van der Waals surface area contributed by atoms with Gasteiger partial charge in [0.15, 0.2) is 0 Å². The fourth-order valence-electron chi connectivity index (χ4n) is 5.75. The van der Waals surface area contributed by atoms with Gasteiger partial charge in [-0.1, -0.05) is 18.6 Å². The standard InChI is InChI=1S/C28H38N4O3/c1-32(26(28(33)34)24-11-6-14-29-25(24)19-7-4-8-19)22-17-23(18-22)35-16-3-2-10-21-13-12-20-9-5-15-30-27(20)31-21/h5-6,9,11,14-15,19,21-23,26H,2-4,7-8,10,12-13,16-18H2,1H3,(H,30,31)(H,33,34)/t21-,22?,23?,26+/m0/s1. The Balaban J connectivity index is 1.04. The zero-order valence-corrected chi connectivity index (χ0v) is 20.7. The van der Waals surface area contributed by atoms with E-state index in [9.17, 15) is 9.90 Å². The number of hydrogen-bond donors (Lipinski definition) is 2. The molecular weight excluding hydrogens is 440 g/mol. The van der Waals surface area contributed by atoms with E-state index in [2.05, 4.69) is 21.4 Å². The number of likely N-dealkylation sites (N-methyl/N-ethyl adjacent to an activating group) is 1. The van der Waals surface area contributed by atoms with Gasteiger partial charge >= 0.3 is 5.97 Å². The van der Waals surface area contributed by atoms with Crippen LogP contribution in [0.15, 0.2) is 36.7 Å². The summed E-state index contributed by atoms with van der Waals surface area (Å²) in [6.07, 6.45) is 14.7. The second kappa shape index (κ2) is 11.0. The number of carbonyl (C=O) groups is 1. The van der Waals surface area contributed by atoms with Crippen LogP contribution in [0.3, 0.4) is 0 Å². The fourth-order valence-corrected chi connectivity index (χ4v) is 5.75. The molecule has 7 nitrogen and oxygen atoms in total. The molecule has 2 aromatic heterocycles. The lowest BCUT2D eigenvalue weighted by atomic mass is 9.79. The van der Waals surface area contributed by atoms with Gasteiger partial charge in [-0.15, -0.1) is 0 Å². The summed E-state index contributed by atoms with van der Waals surface area (Å²) in [6, 6.07) is 8.08. The van der Waals surface area contributed by atoms with Gasteiger partial charge in [-0.2, -0.15) is 0 Å². The van der Waals surface area contributed by atoms with Gasteiger partial charge in [-0.25, -0.2) is 4.98 Å². The van der Waals surface area contributed by atoms with Gasteiger partial charge in [-0.3, -0.25) is 14.7 Å². The number of rotatable bonds is 11. The van der Waals surface area contributed by atoms with Crippen LogP contribution < -0.4 is 5.32 Å². The second-order valence-corrected chi connectivity index (χ2v) is 10.5. The maximum atomic E-state index is 12.3. The number of hydrogen-bond acceptors (Lipinski definition) is 6. The molecule has 2 aliphatic carbocycles. The number of aromatic nitrogens is 2. The largest absolute Gasteiger partial charge is 0.480 e. The monoisotopic (exact) mass is 478 g/mol. The second-order valence-electron chi connectivity index (χ2n) is 10.5. The van der Waals surface area contributed by atoms with Crippen LogP contribution in [0.1, 0.15) is 86.6 Å². The van der Waals surface area contributed by atoms with E-state index >= 15 is 0 Å². The molecule has 0 radical (unpaired) electrons. The van der Waals surface area contributed by atoms with Gasteiger partial charge < -0.3 is 15.2 Å². The van der Waals surface area contributed by atoms with E-state index in [4.69, 9.17) is 4.74 Å². The molecule has 0 amide bonds. The minimum Gasteiger partial charge on any atom is -0.480 e. The van der Waals surface area contributed by atoms with Crippen molar-refractivity contribution in [3.8, 4) is 0 Å². The van der Waals surface area contributed by atoms with Gasteiger partial charge in [-0.05, 0) is 82.5 Å². The molecule has 5 rings (SSSR count). The molecule has 0 spiro atoms. The minimum atomic E-state index is -0.792. The van der Waals surface area contributed by atoms with E-state index in [1.165, 1.54) is 18.4 Å². The highest BCUT2D eigenvalue weighted by atomic mass is 16.5. The van der Waals surface area contributed by atoms with Crippen molar-refractivity contribution in [3.05, 3.63) is 53.5 Å². The molecule has 0 aromatic carbocycles. The Hall–Kier alpha value is -2.51. The summed E-state index contributed by atoms with van der Waals surface area (Å²) in [6.45, 7) is 0.777. The molecule has 0 bridgehead atoms. The Morgan fingerprint density at radius 2 is 1.97 bits per heavy atom. The first-order valence-corrected chi connectivity index (χ1v) is 13.3. The van der Waals surface area contributed by atoms with Crippen molar-refractivity contribution in [2.45, 2.75) is 94.4 Å². The third-order valence-electron chi connectivity index (χ3n) is 8.24. The molecule has 1 aliphatic heterocycles. The summed E-state index contributed by atoms with van der Waals surface area (Å²) >= 11 is 0. The Labute approximate surface area is 208 Å². The fraction of sp³-hybridized carbons (Fsp3) is 0.607. The first-order chi connectivity index (χ1) is 17.1. The predicted octanol–water partition coefficient (Wildman–Crippen LogP) is 4.95. The van der Waals surface area contributed by atoms with Crippen LogP contribution in [0, 0.1) is 0 Å². The van der Waals surface area contributed by atoms with Crippen molar-refractivity contribution in [1.29, 1.82) is 0 Å². The summed E-state index contributed by atoms with van der Waals surface area (Å²) in [5.41, 5.74) is 3.17. The van der Waals surface area contributed by atoms with E-state index in [0.29, 0.717) is 12.0 Å². The maximum Gasteiger partial charge on any atom is 0.325 e. The topological polar surface area (TPSA) is 87.6 Å². The van der Waals surface area contributed by atoms with Gasteiger partial charge in [0.05, 0.1) is 6.10 Å². The Morgan fingerprint density at radius 3 is 2.74 bits per heavy atom. The number of nitrogens with zero attached hydrogens (tertiary/aromatic N) is 3. The molecular formula is C28H38N4O3. The first-order valence-electron chi connectivity index (χ1n) is 13.3. The van der Waals surface area contributed by atoms with Crippen LogP contribution in [0.5, 0.6) is 0 Å². The normalized spacial score (nSPS) is 24.7. The number of aliphatic carboxylic acids is 1. The molecule has 2 fully saturated rings. The third-order valence-corrected chi connectivity index (χ3v) is 8.24. The summed E-state index contributed by atoms with van der Waals surface area (Å²) < 4.78 is 6.12. The number of nitrogens with one attached hydrogen (secondary N) is 1. The SMILES string of the molecule is CN(C1CC(OCCCC[C@H]2CCc3cccnc3N2)C1)[C@@H](C(=O)O)c1cccnc1C1CCC1.